The zero-order valence-electron chi connectivity index (χ0n) is 25.7. The molecule has 0 saturated carbocycles. The van der Waals surface area contributed by atoms with E-state index in [0.717, 1.165) is 28.0 Å². The summed E-state index contributed by atoms with van der Waals surface area (Å²) in [6, 6.07) is 7.38. The van der Waals surface area contributed by atoms with E-state index >= 15 is 4.39 Å². The summed E-state index contributed by atoms with van der Waals surface area (Å²) in [6.45, 7) is 12.8. The van der Waals surface area contributed by atoms with Crippen molar-refractivity contribution in [3.63, 3.8) is 0 Å². The molecule has 0 aliphatic carbocycles. The largest absolute Gasteiger partial charge is 0.459 e. The Balaban J connectivity index is 1.72. The quantitative estimate of drug-likeness (QED) is 0.215. The Morgan fingerprint density at radius 3 is 2.32 bits per heavy atom. The Bertz CT molecular complexity index is 1830. The van der Waals surface area contributed by atoms with E-state index in [4.69, 9.17) is 4.74 Å². The molecule has 3 aromatic heterocycles. The highest BCUT2D eigenvalue weighted by atomic mass is 32.2. The third kappa shape index (κ3) is 7.73. The number of ether oxygens (including phenoxy) is 1. The second-order valence-electron chi connectivity index (χ2n) is 12.8. The van der Waals surface area contributed by atoms with Crippen molar-refractivity contribution in [2.45, 2.75) is 65.4 Å². The number of aryl methyl sites for hydroxylation is 1. The zero-order chi connectivity index (χ0) is 32.6. The fourth-order valence-corrected chi connectivity index (χ4v) is 7.38. The van der Waals surface area contributed by atoms with E-state index < -0.39 is 49.4 Å². The van der Waals surface area contributed by atoms with E-state index in [1.54, 1.807) is 32.9 Å². The lowest BCUT2D eigenvalue weighted by Crippen LogP contribution is -2.32. The fraction of sp³-hybridized carbons (Fsp3) is 0.419. The van der Waals surface area contributed by atoms with Gasteiger partial charge in [0, 0.05) is 33.7 Å². The van der Waals surface area contributed by atoms with E-state index in [1.165, 1.54) is 18.3 Å². The predicted octanol–water partition coefficient (Wildman–Crippen LogP) is 5.61. The lowest BCUT2D eigenvalue weighted by Gasteiger charge is -2.30. The third-order valence-electron chi connectivity index (χ3n) is 6.96. The number of hydrogen-bond donors (Lipinski definition) is 0. The molecule has 0 bridgehead atoms. The van der Waals surface area contributed by atoms with Gasteiger partial charge in [0.2, 0.25) is 0 Å². The van der Waals surface area contributed by atoms with Crippen molar-refractivity contribution >= 4 is 37.8 Å². The van der Waals surface area contributed by atoms with Gasteiger partial charge in [0.1, 0.15) is 17.2 Å². The van der Waals surface area contributed by atoms with Gasteiger partial charge in [0.15, 0.2) is 17.3 Å². The number of halogens is 2. The molecule has 13 heteroatoms. The van der Waals surface area contributed by atoms with Crippen molar-refractivity contribution in [3.05, 3.63) is 71.8 Å². The van der Waals surface area contributed by atoms with Crippen molar-refractivity contribution in [1.82, 2.24) is 18.9 Å². The van der Waals surface area contributed by atoms with Gasteiger partial charge < -0.3 is 4.74 Å². The van der Waals surface area contributed by atoms with Crippen LogP contribution < -0.4 is 0 Å². The molecule has 3 heterocycles. The lowest BCUT2D eigenvalue weighted by molar-refractivity contribution is -0.151. The molecule has 44 heavy (non-hydrogen) atoms. The van der Waals surface area contributed by atoms with E-state index in [0.29, 0.717) is 0 Å². The number of hydrogen-bond acceptors (Lipinski definition) is 8. The molecule has 0 N–H and O–H groups in total. The summed E-state index contributed by atoms with van der Waals surface area (Å²) >= 11 is 0. The second-order valence-corrected chi connectivity index (χ2v) is 16.1. The standard InChI is InChI=1S/C31H36F2N4O5S2/c1-19-8-10-22(11-9-19)44(40,41)37-16-24(23-13-21(32)14-35-29(23)37)28-34-15-25(33)26(36-28)12-20(30(2,3)4)17-43(39)18-27(38)42-31(5,6)7/h8-11,13-16,20H,12,17-18H2,1-7H3/t20-,43?/m1/s1. The monoisotopic (exact) mass is 646 g/mol. The Labute approximate surface area is 258 Å². The van der Waals surface area contributed by atoms with Gasteiger partial charge in [-0.05, 0) is 63.6 Å². The van der Waals surface area contributed by atoms with E-state index in [1.807, 2.05) is 27.7 Å². The normalized spacial score (nSPS) is 14.0. The van der Waals surface area contributed by atoms with Crippen molar-refractivity contribution in [3.8, 4) is 11.4 Å². The Hall–Kier alpha value is -3.58. The molecule has 0 radical (unpaired) electrons. The highest BCUT2D eigenvalue weighted by molar-refractivity contribution is 7.90. The molecule has 236 valence electrons. The second kappa shape index (κ2) is 12.4. The topological polar surface area (TPSA) is 121 Å². The number of pyridine rings is 1. The number of carbonyl (C=O) groups excluding carboxylic acids is 1. The number of nitrogens with zero attached hydrogens (tertiary/aromatic N) is 4. The first-order valence-electron chi connectivity index (χ1n) is 13.9. The first-order chi connectivity index (χ1) is 20.3. The van der Waals surface area contributed by atoms with Crippen LogP contribution in [-0.2, 0) is 36.8 Å². The van der Waals surface area contributed by atoms with Crippen LogP contribution in [0.5, 0.6) is 0 Å². The maximum absolute atomic E-state index is 15.1. The SMILES string of the molecule is Cc1ccc(S(=O)(=O)n2cc(-c3ncc(F)c(C[C@H](CS(=O)CC(=O)OC(C)(C)C)C(C)(C)C)n3)c3cc(F)cnc32)cc1. The van der Waals surface area contributed by atoms with E-state index in [2.05, 4.69) is 15.0 Å². The number of esters is 1. The van der Waals surface area contributed by atoms with Crippen LogP contribution in [0.1, 0.15) is 52.8 Å². The van der Waals surface area contributed by atoms with Crippen molar-refractivity contribution in [1.29, 1.82) is 0 Å². The maximum atomic E-state index is 15.1. The first-order valence-corrected chi connectivity index (χ1v) is 16.9. The molecule has 0 spiro atoms. The predicted molar refractivity (Wildman–Crippen MR) is 165 cm³/mol. The van der Waals surface area contributed by atoms with Crippen LogP contribution in [-0.4, -0.2) is 54.6 Å². The van der Waals surface area contributed by atoms with Crippen LogP contribution >= 0.6 is 0 Å². The van der Waals surface area contributed by atoms with Crippen molar-refractivity contribution in [2.75, 3.05) is 11.5 Å². The van der Waals surface area contributed by atoms with Crippen LogP contribution in [0.4, 0.5) is 8.78 Å². The summed E-state index contributed by atoms with van der Waals surface area (Å²) in [4.78, 5) is 24.8. The number of aromatic nitrogens is 4. The maximum Gasteiger partial charge on any atom is 0.319 e. The number of carbonyl (C=O) groups is 1. The van der Waals surface area contributed by atoms with Crippen LogP contribution in [0.2, 0.25) is 0 Å². The van der Waals surface area contributed by atoms with Crippen LogP contribution in [0.25, 0.3) is 22.4 Å². The molecule has 0 aliphatic heterocycles. The Morgan fingerprint density at radius 1 is 1.05 bits per heavy atom. The molecule has 0 saturated heterocycles. The molecule has 0 aliphatic rings. The van der Waals surface area contributed by atoms with E-state index in [-0.39, 0.29) is 56.9 Å². The van der Waals surface area contributed by atoms with Gasteiger partial charge in [-0.25, -0.2) is 36.1 Å². The molecule has 1 aromatic carbocycles. The number of fused-ring (bicyclic) bond motifs is 1. The molecule has 2 atom stereocenters. The molecule has 9 nitrogen and oxygen atoms in total. The third-order valence-corrected chi connectivity index (χ3v) is 9.96. The van der Waals surface area contributed by atoms with Gasteiger partial charge in [0.25, 0.3) is 10.0 Å². The highest BCUT2D eigenvalue weighted by Gasteiger charge is 2.31. The number of rotatable bonds is 9. The molecular formula is C31H36F2N4O5S2. The highest BCUT2D eigenvalue weighted by Crippen LogP contribution is 2.33. The summed E-state index contributed by atoms with van der Waals surface area (Å²) < 4.78 is 75.9. The fourth-order valence-electron chi connectivity index (χ4n) is 4.55. The van der Waals surface area contributed by atoms with Crippen LogP contribution in [0.15, 0.2) is 53.8 Å². The molecule has 4 rings (SSSR count). The van der Waals surface area contributed by atoms with Crippen LogP contribution in [0, 0.1) is 29.9 Å². The van der Waals surface area contributed by atoms with Gasteiger partial charge in [-0.3, -0.25) is 9.00 Å². The summed E-state index contributed by atoms with van der Waals surface area (Å²) in [5.74, 6) is -2.60. The van der Waals surface area contributed by atoms with Gasteiger partial charge in [-0.2, -0.15) is 0 Å². The first kappa shape index (κ1) is 33.3. The molecular weight excluding hydrogens is 610 g/mol. The summed E-state index contributed by atoms with van der Waals surface area (Å²) in [7, 11) is -5.73. The van der Waals surface area contributed by atoms with Gasteiger partial charge in [-0.15, -0.1) is 0 Å². The van der Waals surface area contributed by atoms with Gasteiger partial charge in [0.05, 0.1) is 23.0 Å². The minimum absolute atomic E-state index is 0.00536. The lowest BCUT2D eigenvalue weighted by atomic mass is 9.79. The minimum Gasteiger partial charge on any atom is -0.459 e. The van der Waals surface area contributed by atoms with E-state index in [9.17, 15) is 21.8 Å². The summed E-state index contributed by atoms with van der Waals surface area (Å²) in [6.07, 6.45) is 3.19. The van der Waals surface area contributed by atoms with Crippen molar-refractivity contribution < 1.29 is 30.9 Å². The minimum atomic E-state index is -4.14. The molecule has 4 aromatic rings. The van der Waals surface area contributed by atoms with Gasteiger partial charge >= 0.3 is 5.97 Å². The molecule has 1 unspecified atom stereocenters. The molecule has 0 amide bonds. The zero-order valence-corrected chi connectivity index (χ0v) is 27.4. The summed E-state index contributed by atoms with van der Waals surface area (Å²) in [5, 5.41) is 0.129. The summed E-state index contributed by atoms with van der Waals surface area (Å²) in [5.41, 5.74) is -0.183. The molecule has 0 fully saturated rings. The van der Waals surface area contributed by atoms with Crippen molar-refractivity contribution in [2.24, 2.45) is 11.3 Å². The number of benzene rings is 1. The van der Waals surface area contributed by atoms with Gasteiger partial charge in [-0.1, -0.05) is 38.5 Å². The average molecular weight is 647 g/mol. The van der Waals surface area contributed by atoms with Crippen LogP contribution in [0.3, 0.4) is 0 Å². The Kier molecular flexibility index (Phi) is 9.41. The smallest absolute Gasteiger partial charge is 0.319 e. The average Bonchev–Trinajstić information content (AvgIpc) is 3.27. The Morgan fingerprint density at radius 2 is 1.70 bits per heavy atom.